The molecule has 3 saturated heterocycles. The number of carbonyl (C=O) groups is 1. The molecule has 0 radical (unpaired) electrons. The smallest absolute Gasteiger partial charge is 0.181 e. The zero-order valence-electron chi connectivity index (χ0n) is 11.6. The molecule has 2 bridgehead atoms. The average Bonchev–Trinajstić information content (AvgIpc) is 2.47. The van der Waals surface area contributed by atoms with Crippen molar-refractivity contribution in [3.63, 3.8) is 0 Å². The number of ether oxygens (including phenoxy) is 1. The molecule has 4 rings (SSSR count). The van der Waals surface area contributed by atoms with Gasteiger partial charge >= 0.3 is 0 Å². The lowest BCUT2D eigenvalue weighted by Gasteiger charge is -2.46. The summed E-state index contributed by atoms with van der Waals surface area (Å²) in [6.07, 6.45) is 0. The van der Waals surface area contributed by atoms with E-state index in [0.717, 1.165) is 49.6 Å². The van der Waals surface area contributed by atoms with Crippen LogP contribution >= 0.6 is 0 Å². The number of rotatable bonds is 3. The van der Waals surface area contributed by atoms with Gasteiger partial charge in [0.05, 0.1) is 13.2 Å². The number of nitrogens with zero attached hydrogens (tertiary/aromatic N) is 2. The summed E-state index contributed by atoms with van der Waals surface area (Å²) in [5.74, 6) is 1.06. The Hall–Kier alpha value is -1.39. The van der Waals surface area contributed by atoms with Crippen molar-refractivity contribution in [2.75, 3.05) is 39.8 Å². The number of methoxy groups -OCH3 is 1. The van der Waals surface area contributed by atoms with Crippen molar-refractivity contribution in [1.82, 2.24) is 9.80 Å². The first-order valence-electron chi connectivity index (χ1n) is 6.84. The number of aryl methyl sites for hydroxylation is 1. The SMILES string of the molecule is COc1ccc(C(=O)C2CN3CCN2CC3)c(C)c1. The lowest BCUT2D eigenvalue weighted by molar-refractivity contribution is 0.0159. The van der Waals surface area contributed by atoms with Crippen LogP contribution in [0.25, 0.3) is 0 Å². The molecule has 0 saturated carbocycles. The van der Waals surface area contributed by atoms with Gasteiger partial charge in [-0.2, -0.15) is 0 Å². The van der Waals surface area contributed by atoms with Gasteiger partial charge in [0, 0.05) is 38.3 Å². The van der Waals surface area contributed by atoms with Gasteiger partial charge in [0.15, 0.2) is 5.78 Å². The summed E-state index contributed by atoms with van der Waals surface area (Å²) in [5.41, 5.74) is 1.83. The van der Waals surface area contributed by atoms with E-state index in [0.29, 0.717) is 0 Å². The van der Waals surface area contributed by atoms with Gasteiger partial charge in [-0.3, -0.25) is 14.6 Å². The maximum atomic E-state index is 12.7. The first-order chi connectivity index (χ1) is 9.19. The fraction of sp³-hybridized carbons (Fsp3) is 0.533. The van der Waals surface area contributed by atoms with Crippen LogP contribution in [0.5, 0.6) is 5.75 Å². The molecule has 1 atom stereocenters. The lowest BCUT2D eigenvalue weighted by atomic mass is 9.95. The molecule has 1 unspecified atom stereocenters. The molecule has 0 spiro atoms. The van der Waals surface area contributed by atoms with E-state index in [2.05, 4.69) is 9.80 Å². The Morgan fingerprint density at radius 2 is 2.00 bits per heavy atom. The minimum absolute atomic E-state index is 0.0367. The van der Waals surface area contributed by atoms with E-state index in [-0.39, 0.29) is 11.8 Å². The molecule has 0 amide bonds. The van der Waals surface area contributed by atoms with Gasteiger partial charge in [-0.05, 0) is 30.7 Å². The highest BCUT2D eigenvalue weighted by Gasteiger charge is 2.36. The van der Waals surface area contributed by atoms with Crippen LogP contribution in [0, 0.1) is 6.92 Å². The highest BCUT2D eigenvalue weighted by molar-refractivity contribution is 6.01. The number of carbonyl (C=O) groups excluding carboxylic acids is 1. The number of fused-ring (bicyclic) bond motifs is 3. The first-order valence-corrected chi connectivity index (χ1v) is 6.84. The molecule has 0 aliphatic carbocycles. The molecule has 4 heteroatoms. The first kappa shape index (κ1) is 12.6. The van der Waals surface area contributed by atoms with Crippen LogP contribution in [0.3, 0.4) is 0 Å². The molecular weight excluding hydrogens is 240 g/mol. The Balaban J connectivity index is 1.84. The van der Waals surface area contributed by atoms with Crippen molar-refractivity contribution >= 4 is 5.78 Å². The summed E-state index contributed by atoms with van der Waals surface area (Å²) in [6, 6.07) is 5.74. The second kappa shape index (κ2) is 4.94. The molecule has 3 heterocycles. The van der Waals surface area contributed by atoms with Crippen LogP contribution < -0.4 is 4.74 Å². The molecule has 0 N–H and O–H groups in total. The molecule has 102 valence electrons. The Bertz CT molecular complexity index is 493. The number of hydrogen-bond acceptors (Lipinski definition) is 4. The highest BCUT2D eigenvalue weighted by Crippen LogP contribution is 2.23. The van der Waals surface area contributed by atoms with Crippen LogP contribution in [0.2, 0.25) is 0 Å². The van der Waals surface area contributed by atoms with Crippen molar-refractivity contribution < 1.29 is 9.53 Å². The summed E-state index contributed by atoms with van der Waals surface area (Å²) in [7, 11) is 1.65. The van der Waals surface area contributed by atoms with E-state index in [1.54, 1.807) is 7.11 Å². The third-order valence-electron chi connectivity index (χ3n) is 4.28. The second-order valence-corrected chi connectivity index (χ2v) is 5.40. The maximum Gasteiger partial charge on any atom is 0.181 e. The molecule has 4 nitrogen and oxygen atoms in total. The van der Waals surface area contributed by atoms with E-state index in [4.69, 9.17) is 4.74 Å². The van der Waals surface area contributed by atoms with Gasteiger partial charge in [0.1, 0.15) is 5.75 Å². The van der Waals surface area contributed by atoms with Gasteiger partial charge in [-0.15, -0.1) is 0 Å². The fourth-order valence-electron chi connectivity index (χ4n) is 3.09. The van der Waals surface area contributed by atoms with Gasteiger partial charge < -0.3 is 4.74 Å². The predicted octanol–water partition coefficient (Wildman–Crippen LogP) is 1.19. The molecule has 19 heavy (non-hydrogen) atoms. The Labute approximate surface area is 113 Å². The largest absolute Gasteiger partial charge is 0.497 e. The van der Waals surface area contributed by atoms with Crippen LogP contribution in [-0.2, 0) is 0 Å². The number of ketones is 1. The molecule has 1 aromatic rings. The van der Waals surface area contributed by atoms with E-state index >= 15 is 0 Å². The Kier molecular flexibility index (Phi) is 3.29. The molecular formula is C15H20N2O2. The number of Topliss-reactive ketones (excluding diaryl/α,β-unsaturated/α-hetero) is 1. The van der Waals surface area contributed by atoms with Crippen molar-refractivity contribution in [3.8, 4) is 5.75 Å². The van der Waals surface area contributed by atoms with E-state index in [1.165, 1.54) is 0 Å². The van der Waals surface area contributed by atoms with E-state index < -0.39 is 0 Å². The standard InChI is InChI=1S/C15H20N2O2/c1-11-9-12(19-2)3-4-13(11)15(18)14-10-16-5-7-17(14)8-6-16/h3-4,9,14H,5-8,10H2,1-2H3. The second-order valence-electron chi connectivity index (χ2n) is 5.40. The predicted molar refractivity (Wildman–Crippen MR) is 73.9 cm³/mol. The van der Waals surface area contributed by atoms with Gasteiger partial charge in [-0.1, -0.05) is 0 Å². The van der Waals surface area contributed by atoms with E-state index in [9.17, 15) is 4.79 Å². The van der Waals surface area contributed by atoms with Crippen molar-refractivity contribution in [3.05, 3.63) is 29.3 Å². The monoisotopic (exact) mass is 260 g/mol. The average molecular weight is 260 g/mol. The summed E-state index contributed by atoms with van der Waals surface area (Å²) in [4.78, 5) is 17.4. The Morgan fingerprint density at radius 3 is 2.53 bits per heavy atom. The molecule has 1 aromatic carbocycles. The number of hydrogen-bond donors (Lipinski definition) is 0. The van der Waals surface area contributed by atoms with Crippen LogP contribution in [-0.4, -0.2) is 61.5 Å². The van der Waals surface area contributed by atoms with E-state index in [1.807, 2.05) is 25.1 Å². The molecule has 3 aliphatic heterocycles. The summed E-state index contributed by atoms with van der Waals surface area (Å²) in [6.45, 7) is 7.10. The maximum absolute atomic E-state index is 12.7. The molecule has 3 aliphatic rings. The Morgan fingerprint density at radius 1 is 1.26 bits per heavy atom. The van der Waals surface area contributed by atoms with Crippen LogP contribution in [0.4, 0.5) is 0 Å². The third-order valence-corrected chi connectivity index (χ3v) is 4.28. The lowest BCUT2D eigenvalue weighted by Crippen LogP contribution is -2.63. The quantitative estimate of drug-likeness (QED) is 0.764. The zero-order valence-corrected chi connectivity index (χ0v) is 11.6. The number of piperazine rings is 3. The fourth-order valence-corrected chi connectivity index (χ4v) is 3.09. The molecule has 0 aromatic heterocycles. The summed E-state index contributed by atoms with van der Waals surface area (Å²) < 4.78 is 5.19. The van der Waals surface area contributed by atoms with Crippen LogP contribution in [0.1, 0.15) is 15.9 Å². The minimum Gasteiger partial charge on any atom is -0.497 e. The summed E-state index contributed by atoms with van der Waals surface area (Å²) >= 11 is 0. The van der Waals surface area contributed by atoms with Crippen molar-refractivity contribution in [1.29, 1.82) is 0 Å². The number of benzene rings is 1. The zero-order chi connectivity index (χ0) is 13.4. The summed E-state index contributed by atoms with van der Waals surface area (Å²) in [5, 5.41) is 0. The van der Waals surface area contributed by atoms with Gasteiger partial charge in [0.25, 0.3) is 0 Å². The highest BCUT2D eigenvalue weighted by atomic mass is 16.5. The topological polar surface area (TPSA) is 32.8 Å². The normalized spacial score (nSPS) is 29.3. The van der Waals surface area contributed by atoms with Gasteiger partial charge in [-0.25, -0.2) is 0 Å². The van der Waals surface area contributed by atoms with Crippen LogP contribution in [0.15, 0.2) is 18.2 Å². The van der Waals surface area contributed by atoms with Gasteiger partial charge in [0.2, 0.25) is 0 Å². The third kappa shape index (κ3) is 2.26. The minimum atomic E-state index is 0.0367. The van der Waals surface area contributed by atoms with Crippen molar-refractivity contribution in [2.24, 2.45) is 0 Å². The van der Waals surface area contributed by atoms with Crippen molar-refractivity contribution in [2.45, 2.75) is 13.0 Å². The molecule has 3 fully saturated rings.